The van der Waals surface area contributed by atoms with Crippen molar-refractivity contribution in [3.8, 4) is 39.2 Å². The van der Waals surface area contributed by atoms with Gasteiger partial charge in [-0.1, -0.05) is 84.9 Å². The second-order valence-corrected chi connectivity index (χ2v) is 9.24. The Labute approximate surface area is 202 Å². The van der Waals surface area contributed by atoms with E-state index in [0.29, 0.717) is 0 Å². The molecule has 0 amide bonds. The third kappa shape index (κ3) is 2.57. The molecule has 0 bridgehead atoms. The lowest BCUT2D eigenvalue weighted by Gasteiger charge is -2.09. The van der Waals surface area contributed by atoms with Gasteiger partial charge in [-0.25, -0.2) is 0 Å². The van der Waals surface area contributed by atoms with Crippen molar-refractivity contribution in [1.29, 1.82) is 0 Å². The standard InChI is InChI=1S/C33H20N2/c1-2-10-23(11-3-1)35-31-15-5-4-12-24(31)25-17-16-22(18-32(25)35)30-19-28-26-13-6-8-21-9-7-14-27(33(21)26)29(28)20-34-30/h1-20H. The highest BCUT2D eigenvalue weighted by atomic mass is 15.0. The second kappa shape index (κ2) is 6.91. The Kier molecular flexibility index (Phi) is 3.69. The summed E-state index contributed by atoms with van der Waals surface area (Å²) in [6.07, 6.45) is 2.05. The largest absolute Gasteiger partial charge is 0.309 e. The molecule has 35 heavy (non-hydrogen) atoms. The van der Waals surface area contributed by atoms with Crippen LogP contribution in [0.15, 0.2) is 121 Å². The molecule has 5 aromatic carbocycles. The van der Waals surface area contributed by atoms with E-state index >= 15 is 0 Å². The normalized spacial score (nSPS) is 12.0. The summed E-state index contributed by atoms with van der Waals surface area (Å²) in [5.74, 6) is 0. The summed E-state index contributed by atoms with van der Waals surface area (Å²) in [5, 5.41) is 5.14. The minimum atomic E-state index is 1.00. The van der Waals surface area contributed by atoms with Gasteiger partial charge in [0.05, 0.1) is 16.7 Å². The van der Waals surface area contributed by atoms with Gasteiger partial charge in [0.15, 0.2) is 0 Å². The van der Waals surface area contributed by atoms with E-state index in [0.717, 1.165) is 11.3 Å². The Hall–Kier alpha value is -4.69. The maximum atomic E-state index is 4.94. The first-order valence-corrected chi connectivity index (χ1v) is 12.0. The monoisotopic (exact) mass is 444 g/mol. The van der Waals surface area contributed by atoms with Crippen LogP contribution in [-0.4, -0.2) is 9.55 Å². The van der Waals surface area contributed by atoms with Crippen LogP contribution in [0.25, 0.3) is 71.8 Å². The minimum Gasteiger partial charge on any atom is -0.309 e. The smallest absolute Gasteiger partial charge is 0.0709 e. The maximum Gasteiger partial charge on any atom is 0.0709 e. The van der Waals surface area contributed by atoms with Crippen LogP contribution < -0.4 is 0 Å². The molecule has 162 valence electrons. The summed E-state index contributed by atoms with van der Waals surface area (Å²) in [4.78, 5) is 4.94. The Bertz CT molecular complexity index is 1940. The Morgan fingerprint density at radius 3 is 2.11 bits per heavy atom. The van der Waals surface area contributed by atoms with E-state index in [1.807, 2.05) is 0 Å². The van der Waals surface area contributed by atoms with Gasteiger partial charge in [0.1, 0.15) is 0 Å². The number of benzene rings is 5. The topological polar surface area (TPSA) is 17.8 Å². The van der Waals surface area contributed by atoms with Crippen LogP contribution in [0.3, 0.4) is 0 Å². The van der Waals surface area contributed by atoms with E-state index < -0.39 is 0 Å². The van der Waals surface area contributed by atoms with Crippen LogP contribution in [0.2, 0.25) is 0 Å². The van der Waals surface area contributed by atoms with Gasteiger partial charge in [0.25, 0.3) is 0 Å². The van der Waals surface area contributed by atoms with Crippen LogP contribution in [0.1, 0.15) is 0 Å². The molecule has 1 aliphatic carbocycles. The van der Waals surface area contributed by atoms with Gasteiger partial charge < -0.3 is 4.57 Å². The van der Waals surface area contributed by atoms with Crippen LogP contribution in [0, 0.1) is 0 Å². The average Bonchev–Trinajstić information content (AvgIpc) is 3.43. The highest BCUT2D eigenvalue weighted by molar-refractivity contribution is 6.15. The van der Waals surface area contributed by atoms with Gasteiger partial charge in [-0.05, 0) is 57.8 Å². The summed E-state index contributed by atoms with van der Waals surface area (Å²) in [6, 6.07) is 41.4. The Morgan fingerprint density at radius 1 is 0.514 bits per heavy atom. The molecule has 2 heterocycles. The number of hydrogen-bond acceptors (Lipinski definition) is 1. The molecular formula is C33H20N2. The Balaban J connectivity index is 1.37. The van der Waals surface area contributed by atoms with E-state index in [-0.39, 0.29) is 0 Å². The molecule has 7 aromatic rings. The zero-order chi connectivity index (χ0) is 22.9. The molecule has 2 aromatic heterocycles. The first-order valence-electron chi connectivity index (χ1n) is 12.0. The third-order valence-corrected chi connectivity index (χ3v) is 7.37. The molecule has 2 nitrogen and oxygen atoms in total. The summed E-state index contributed by atoms with van der Waals surface area (Å²) in [6.45, 7) is 0. The first-order chi connectivity index (χ1) is 17.4. The van der Waals surface area contributed by atoms with Gasteiger partial charge in [-0.3, -0.25) is 4.98 Å². The zero-order valence-electron chi connectivity index (χ0n) is 18.9. The molecule has 2 heteroatoms. The van der Waals surface area contributed by atoms with Gasteiger partial charge in [0.2, 0.25) is 0 Å². The maximum absolute atomic E-state index is 4.94. The molecule has 0 radical (unpaired) electrons. The molecule has 0 fully saturated rings. The molecule has 0 atom stereocenters. The summed E-state index contributed by atoms with van der Waals surface area (Å²) in [5.41, 5.74) is 10.8. The van der Waals surface area contributed by atoms with E-state index in [1.54, 1.807) is 0 Å². The van der Waals surface area contributed by atoms with Crippen molar-refractivity contribution >= 4 is 32.6 Å². The van der Waals surface area contributed by atoms with Crippen molar-refractivity contribution in [1.82, 2.24) is 9.55 Å². The second-order valence-electron chi connectivity index (χ2n) is 9.24. The third-order valence-electron chi connectivity index (χ3n) is 7.37. The highest BCUT2D eigenvalue weighted by Gasteiger charge is 2.22. The number of aromatic nitrogens is 2. The first kappa shape index (κ1) is 18.7. The van der Waals surface area contributed by atoms with Gasteiger partial charge in [-0.2, -0.15) is 0 Å². The molecular weight excluding hydrogens is 424 g/mol. The molecule has 0 saturated heterocycles. The summed E-state index contributed by atoms with van der Waals surface area (Å²) < 4.78 is 2.36. The fraction of sp³-hybridized carbons (Fsp3) is 0. The summed E-state index contributed by atoms with van der Waals surface area (Å²) >= 11 is 0. The molecule has 0 N–H and O–H groups in total. The van der Waals surface area contributed by atoms with Crippen molar-refractivity contribution in [2.75, 3.05) is 0 Å². The molecule has 0 aliphatic heterocycles. The predicted molar refractivity (Wildman–Crippen MR) is 146 cm³/mol. The molecule has 0 unspecified atom stereocenters. The lowest BCUT2D eigenvalue weighted by Crippen LogP contribution is -1.93. The molecule has 1 aliphatic rings. The van der Waals surface area contributed by atoms with E-state index in [1.165, 1.54) is 60.5 Å². The lowest BCUT2D eigenvalue weighted by molar-refractivity contribution is 1.18. The number of rotatable bonds is 2. The van der Waals surface area contributed by atoms with Crippen LogP contribution in [0.4, 0.5) is 0 Å². The number of para-hydroxylation sites is 2. The molecule has 0 saturated carbocycles. The highest BCUT2D eigenvalue weighted by Crippen LogP contribution is 2.47. The molecule has 0 spiro atoms. The van der Waals surface area contributed by atoms with Crippen molar-refractivity contribution in [2.24, 2.45) is 0 Å². The molecule has 8 rings (SSSR count). The van der Waals surface area contributed by atoms with Crippen LogP contribution >= 0.6 is 0 Å². The number of fused-ring (bicyclic) bond motifs is 6. The quantitative estimate of drug-likeness (QED) is 0.261. The van der Waals surface area contributed by atoms with Crippen molar-refractivity contribution < 1.29 is 0 Å². The fourth-order valence-corrected chi connectivity index (χ4v) is 5.83. The zero-order valence-corrected chi connectivity index (χ0v) is 18.9. The van der Waals surface area contributed by atoms with Crippen molar-refractivity contribution in [3.05, 3.63) is 121 Å². The Morgan fingerprint density at radius 2 is 1.26 bits per heavy atom. The van der Waals surface area contributed by atoms with Gasteiger partial charge >= 0.3 is 0 Å². The average molecular weight is 445 g/mol. The van der Waals surface area contributed by atoms with Gasteiger partial charge in [-0.15, -0.1) is 0 Å². The number of pyridine rings is 1. The van der Waals surface area contributed by atoms with Crippen molar-refractivity contribution in [2.45, 2.75) is 0 Å². The number of nitrogens with zero attached hydrogens (tertiary/aromatic N) is 2. The van der Waals surface area contributed by atoms with Gasteiger partial charge in [0, 0.05) is 33.8 Å². The lowest BCUT2D eigenvalue weighted by atomic mass is 10.0. The number of hydrogen-bond donors (Lipinski definition) is 0. The van der Waals surface area contributed by atoms with Crippen LogP contribution in [-0.2, 0) is 0 Å². The SMILES string of the molecule is c1ccc(-n2c3ccccc3c3ccc(-c4cc5c(cn4)-c4cccc6cccc-5c46)cc32)cc1. The fourth-order valence-electron chi connectivity index (χ4n) is 5.83. The van der Waals surface area contributed by atoms with E-state index in [4.69, 9.17) is 4.98 Å². The minimum absolute atomic E-state index is 1.00. The predicted octanol–water partition coefficient (Wildman–Crippen LogP) is 8.65. The summed E-state index contributed by atoms with van der Waals surface area (Å²) in [7, 11) is 0. The van der Waals surface area contributed by atoms with Crippen molar-refractivity contribution in [3.63, 3.8) is 0 Å². The van der Waals surface area contributed by atoms with Crippen LogP contribution in [0.5, 0.6) is 0 Å². The van der Waals surface area contributed by atoms with E-state index in [9.17, 15) is 0 Å². The van der Waals surface area contributed by atoms with E-state index in [2.05, 4.69) is 126 Å².